The van der Waals surface area contributed by atoms with Crippen molar-refractivity contribution in [2.45, 2.75) is 28.7 Å². The van der Waals surface area contributed by atoms with Crippen LogP contribution in [0, 0.1) is 11.3 Å². The van der Waals surface area contributed by atoms with Crippen LogP contribution in [0.4, 0.5) is 0 Å². The van der Waals surface area contributed by atoms with E-state index < -0.39 is 0 Å². The number of piperazine rings is 1. The summed E-state index contributed by atoms with van der Waals surface area (Å²) in [6.07, 6.45) is 2.66. The zero-order valence-corrected chi connectivity index (χ0v) is 17.2. The quantitative estimate of drug-likeness (QED) is 0.757. The van der Waals surface area contributed by atoms with E-state index in [1.54, 1.807) is 6.07 Å². The molecule has 150 valence electrons. The van der Waals surface area contributed by atoms with Crippen LogP contribution in [0.3, 0.4) is 0 Å². The summed E-state index contributed by atoms with van der Waals surface area (Å²) < 4.78 is 5.74. The first kappa shape index (κ1) is 20.0. The minimum atomic E-state index is 0.0688. The van der Waals surface area contributed by atoms with Gasteiger partial charge >= 0.3 is 0 Å². The fourth-order valence-corrected chi connectivity index (χ4v) is 4.90. The van der Waals surface area contributed by atoms with E-state index in [2.05, 4.69) is 11.0 Å². The molecule has 0 bridgehead atoms. The summed E-state index contributed by atoms with van der Waals surface area (Å²) in [5.74, 6) is 0.0688. The number of hydrogen-bond acceptors (Lipinski definition) is 5. The molecule has 2 aromatic rings. The highest BCUT2D eigenvalue weighted by Gasteiger charge is 2.26. The lowest BCUT2D eigenvalue weighted by atomic mass is 10.1. The number of amides is 1. The van der Waals surface area contributed by atoms with Gasteiger partial charge in [-0.1, -0.05) is 36.0 Å². The van der Waals surface area contributed by atoms with Crippen molar-refractivity contribution >= 4 is 17.7 Å². The lowest BCUT2D eigenvalue weighted by molar-refractivity contribution is 0.0431. The van der Waals surface area contributed by atoms with Crippen LogP contribution in [-0.2, 0) is 4.74 Å². The van der Waals surface area contributed by atoms with Gasteiger partial charge in [0.05, 0.1) is 17.2 Å². The third-order valence-corrected chi connectivity index (χ3v) is 6.64. The minimum absolute atomic E-state index is 0.0688. The van der Waals surface area contributed by atoms with Gasteiger partial charge in [-0.15, -0.1) is 0 Å². The first-order valence-electron chi connectivity index (χ1n) is 10.1. The van der Waals surface area contributed by atoms with E-state index in [1.165, 1.54) is 11.8 Å². The molecule has 0 spiro atoms. The lowest BCUT2D eigenvalue weighted by Crippen LogP contribution is -2.50. The number of carbonyl (C=O) groups is 1. The molecule has 2 saturated heterocycles. The van der Waals surface area contributed by atoms with Crippen molar-refractivity contribution in [3.05, 3.63) is 59.7 Å². The molecule has 2 aromatic carbocycles. The van der Waals surface area contributed by atoms with Gasteiger partial charge in [-0.05, 0) is 37.1 Å². The highest BCUT2D eigenvalue weighted by Crippen LogP contribution is 2.33. The SMILES string of the molecule is N#Cc1ccccc1Sc1ccccc1C(=O)N1CCN(C[C@@H]2CCCO2)CC1. The smallest absolute Gasteiger partial charge is 0.255 e. The van der Waals surface area contributed by atoms with Crippen molar-refractivity contribution in [1.29, 1.82) is 5.26 Å². The monoisotopic (exact) mass is 407 g/mol. The highest BCUT2D eigenvalue weighted by molar-refractivity contribution is 7.99. The molecule has 1 atom stereocenters. The Morgan fingerprint density at radius 1 is 1.07 bits per heavy atom. The molecule has 2 aliphatic heterocycles. The molecule has 0 N–H and O–H groups in total. The topological polar surface area (TPSA) is 56.6 Å². The molecule has 2 aliphatic rings. The number of benzene rings is 2. The van der Waals surface area contributed by atoms with Crippen molar-refractivity contribution in [2.24, 2.45) is 0 Å². The number of carbonyl (C=O) groups excluding carboxylic acids is 1. The molecule has 5 nitrogen and oxygen atoms in total. The maximum atomic E-state index is 13.2. The number of ether oxygens (including phenoxy) is 1. The van der Waals surface area contributed by atoms with Gasteiger partial charge in [-0.3, -0.25) is 9.69 Å². The lowest BCUT2D eigenvalue weighted by Gasteiger charge is -2.36. The number of rotatable bonds is 5. The highest BCUT2D eigenvalue weighted by atomic mass is 32.2. The molecule has 0 aliphatic carbocycles. The molecule has 1 amide bonds. The Hall–Kier alpha value is -2.33. The minimum Gasteiger partial charge on any atom is -0.377 e. The molecule has 0 radical (unpaired) electrons. The molecule has 0 unspecified atom stereocenters. The van der Waals surface area contributed by atoms with Crippen LogP contribution in [0.25, 0.3) is 0 Å². The Kier molecular flexibility index (Phi) is 6.50. The second-order valence-corrected chi connectivity index (χ2v) is 8.52. The molecule has 29 heavy (non-hydrogen) atoms. The van der Waals surface area contributed by atoms with E-state index in [0.29, 0.717) is 17.2 Å². The summed E-state index contributed by atoms with van der Waals surface area (Å²) in [5.41, 5.74) is 1.33. The van der Waals surface area contributed by atoms with Crippen LogP contribution in [0.1, 0.15) is 28.8 Å². The maximum absolute atomic E-state index is 13.2. The van der Waals surface area contributed by atoms with Gasteiger partial charge in [-0.2, -0.15) is 5.26 Å². The van der Waals surface area contributed by atoms with Gasteiger partial charge in [0.1, 0.15) is 6.07 Å². The number of nitriles is 1. The van der Waals surface area contributed by atoms with E-state index >= 15 is 0 Å². The van der Waals surface area contributed by atoms with E-state index in [-0.39, 0.29) is 5.91 Å². The predicted octanol–water partition coefficient (Wildman–Crippen LogP) is 3.65. The van der Waals surface area contributed by atoms with Crippen LogP contribution in [0.2, 0.25) is 0 Å². The largest absolute Gasteiger partial charge is 0.377 e. The number of nitrogens with zero attached hydrogens (tertiary/aromatic N) is 3. The Balaban J connectivity index is 1.42. The molecule has 4 rings (SSSR count). The summed E-state index contributed by atoms with van der Waals surface area (Å²) in [6, 6.07) is 17.4. The summed E-state index contributed by atoms with van der Waals surface area (Å²) >= 11 is 1.48. The van der Waals surface area contributed by atoms with E-state index in [0.717, 1.165) is 62.0 Å². The molecule has 0 aromatic heterocycles. The van der Waals surface area contributed by atoms with Crippen molar-refractivity contribution in [2.75, 3.05) is 39.3 Å². The van der Waals surface area contributed by atoms with Gasteiger partial charge in [0.15, 0.2) is 0 Å². The summed E-state index contributed by atoms with van der Waals surface area (Å²) in [7, 11) is 0. The van der Waals surface area contributed by atoms with Crippen molar-refractivity contribution in [1.82, 2.24) is 9.80 Å². The van der Waals surface area contributed by atoms with Gasteiger partial charge in [0.25, 0.3) is 5.91 Å². The van der Waals surface area contributed by atoms with E-state index in [4.69, 9.17) is 4.74 Å². The standard InChI is InChI=1S/C23H25N3O2S/c24-16-18-6-1-3-9-21(18)29-22-10-4-2-8-20(22)23(27)26-13-11-25(12-14-26)17-19-7-5-15-28-19/h1-4,6,8-10,19H,5,7,11-15,17H2/t19-/m0/s1. The summed E-state index contributed by atoms with van der Waals surface area (Å²) in [5, 5.41) is 9.35. The zero-order chi connectivity index (χ0) is 20.1. The van der Waals surface area contributed by atoms with Crippen LogP contribution < -0.4 is 0 Å². The molecular weight excluding hydrogens is 382 g/mol. The normalized spacial score (nSPS) is 19.8. The third kappa shape index (κ3) is 4.81. The summed E-state index contributed by atoms with van der Waals surface area (Å²) in [4.78, 5) is 19.3. The van der Waals surface area contributed by atoms with Gasteiger partial charge in [0.2, 0.25) is 0 Å². The molecule has 0 saturated carbocycles. The zero-order valence-electron chi connectivity index (χ0n) is 16.4. The fraction of sp³-hybridized carbons (Fsp3) is 0.391. The van der Waals surface area contributed by atoms with Gasteiger partial charge < -0.3 is 9.64 Å². The molecule has 2 heterocycles. The second kappa shape index (κ2) is 9.45. The van der Waals surface area contributed by atoms with Crippen molar-refractivity contribution in [3.8, 4) is 6.07 Å². The first-order valence-corrected chi connectivity index (χ1v) is 11.0. The number of hydrogen-bond donors (Lipinski definition) is 0. The van der Waals surface area contributed by atoms with Crippen LogP contribution in [-0.4, -0.2) is 61.1 Å². The third-order valence-electron chi connectivity index (χ3n) is 5.49. The van der Waals surface area contributed by atoms with Crippen LogP contribution in [0.15, 0.2) is 58.3 Å². The maximum Gasteiger partial charge on any atom is 0.255 e. The second-order valence-electron chi connectivity index (χ2n) is 7.43. The fourth-order valence-electron chi connectivity index (χ4n) is 3.88. The van der Waals surface area contributed by atoms with Gasteiger partial charge in [0, 0.05) is 49.1 Å². The molecular formula is C23H25N3O2S. The average molecular weight is 408 g/mol. The van der Waals surface area contributed by atoms with E-state index in [1.807, 2.05) is 47.4 Å². The van der Waals surface area contributed by atoms with Crippen molar-refractivity contribution in [3.63, 3.8) is 0 Å². The molecule has 2 fully saturated rings. The Bertz CT molecular complexity index is 897. The molecule has 6 heteroatoms. The van der Waals surface area contributed by atoms with E-state index in [9.17, 15) is 10.1 Å². The van der Waals surface area contributed by atoms with Crippen LogP contribution in [0.5, 0.6) is 0 Å². The average Bonchev–Trinajstić information content (AvgIpc) is 3.28. The van der Waals surface area contributed by atoms with Gasteiger partial charge in [-0.25, -0.2) is 0 Å². The summed E-state index contributed by atoms with van der Waals surface area (Å²) in [6.45, 7) is 5.10. The first-order chi connectivity index (χ1) is 14.2. The van der Waals surface area contributed by atoms with Crippen molar-refractivity contribution < 1.29 is 9.53 Å². The van der Waals surface area contributed by atoms with Crippen LogP contribution >= 0.6 is 11.8 Å². The Morgan fingerprint density at radius 2 is 1.79 bits per heavy atom. The Labute approximate surface area is 176 Å². The predicted molar refractivity (Wildman–Crippen MR) is 113 cm³/mol. The Morgan fingerprint density at radius 3 is 2.52 bits per heavy atom.